The Balaban J connectivity index is 1.60. The fraction of sp³-hybridized carbons (Fsp3) is 0.429. The maximum absolute atomic E-state index is 6.13. The number of hydrogen-bond donors (Lipinski definition) is 1. The van der Waals surface area contributed by atoms with Gasteiger partial charge >= 0.3 is 0 Å². The van der Waals surface area contributed by atoms with Crippen LogP contribution in [0.5, 0.6) is 5.75 Å². The highest BCUT2D eigenvalue weighted by molar-refractivity contribution is 5.31. The first kappa shape index (κ1) is 17.0. The Morgan fingerprint density at radius 2 is 1.83 bits per heavy atom. The molecular weight excluding hydrogens is 296 g/mol. The summed E-state index contributed by atoms with van der Waals surface area (Å²) >= 11 is 0. The molecule has 0 aliphatic carbocycles. The number of benzene rings is 2. The van der Waals surface area contributed by atoms with Gasteiger partial charge in [0.05, 0.1) is 7.11 Å². The van der Waals surface area contributed by atoms with Gasteiger partial charge in [-0.2, -0.15) is 0 Å². The second-order valence-electron chi connectivity index (χ2n) is 6.72. The minimum atomic E-state index is 0.430. The number of piperidine rings is 1. The molecule has 1 atom stereocenters. The van der Waals surface area contributed by atoms with E-state index in [-0.39, 0.29) is 0 Å². The van der Waals surface area contributed by atoms with Crippen LogP contribution in [0.4, 0.5) is 0 Å². The SMILES string of the molecule is COc1cccc(C(CN)C2CCN(Cc3ccccc3)CC2)c1. The molecule has 2 aromatic rings. The first-order chi connectivity index (χ1) is 11.8. The number of nitrogens with zero attached hydrogens (tertiary/aromatic N) is 1. The van der Waals surface area contributed by atoms with Gasteiger partial charge in [-0.05, 0) is 67.6 Å². The average molecular weight is 324 g/mol. The molecular formula is C21H28N2O. The zero-order chi connectivity index (χ0) is 16.8. The zero-order valence-corrected chi connectivity index (χ0v) is 14.5. The molecule has 0 amide bonds. The maximum Gasteiger partial charge on any atom is 0.119 e. The Bertz CT molecular complexity index is 621. The summed E-state index contributed by atoms with van der Waals surface area (Å²) in [6.45, 7) is 4.07. The van der Waals surface area contributed by atoms with E-state index in [4.69, 9.17) is 10.5 Å². The summed E-state index contributed by atoms with van der Waals surface area (Å²) in [6.07, 6.45) is 2.43. The molecule has 1 unspecified atom stereocenters. The summed E-state index contributed by atoms with van der Waals surface area (Å²) in [7, 11) is 1.72. The quantitative estimate of drug-likeness (QED) is 0.881. The molecule has 2 N–H and O–H groups in total. The predicted octanol–water partition coefficient (Wildman–Crippen LogP) is 3.65. The number of rotatable bonds is 6. The number of nitrogens with two attached hydrogens (primary N) is 1. The summed E-state index contributed by atoms with van der Waals surface area (Å²) < 4.78 is 5.37. The van der Waals surface area contributed by atoms with Crippen LogP contribution >= 0.6 is 0 Å². The van der Waals surface area contributed by atoms with Gasteiger partial charge in [0.25, 0.3) is 0 Å². The topological polar surface area (TPSA) is 38.5 Å². The molecule has 0 bridgehead atoms. The Hall–Kier alpha value is -1.84. The minimum Gasteiger partial charge on any atom is -0.497 e. The van der Waals surface area contributed by atoms with Crippen LogP contribution < -0.4 is 10.5 Å². The van der Waals surface area contributed by atoms with Gasteiger partial charge < -0.3 is 10.5 Å². The van der Waals surface area contributed by atoms with Crippen LogP contribution in [0.2, 0.25) is 0 Å². The van der Waals surface area contributed by atoms with Gasteiger partial charge in [0.1, 0.15) is 5.75 Å². The van der Waals surface area contributed by atoms with Crippen molar-refractivity contribution in [3.63, 3.8) is 0 Å². The summed E-state index contributed by atoms with van der Waals surface area (Å²) in [5.74, 6) is 2.01. The molecule has 1 heterocycles. The molecule has 0 radical (unpaired) electrons. The second-order valence-corrected chi connectivity index (χ2v) is 6.72. The van der Waals surface area contributed by atoms with Gasteiger partial charge in [-0.15, -0.1) is 0 Å². The van der Waals surface area contributed by atoms with Gasteiger partial charge in [-0.25, -0.2) is 0 Å². The third-order valence-corrected chi connectivity index (χ3v) is 5.23. The van der Waals surface area contributed by atoms with Crippen molar-refractivity contribution in [2.45, 2.75) is 25.3 Å². The van der Waals surface area contributed by atoms with Crippen LogP contribution in [0.1, 0.15) is 29.9 Å². The van der Waals surface area contributed by atoms with Gasteiger partial charge in [-0.3, -0.25) is 4.90 Å². The van der Waals surface area contributed by atoms with Gasteiger partial charge in [-0.1, -0.05) is 42.5 Å². The van der Waals surface area contributed by atoms with E-state index < -0.39 is 0 Å². The molecule has 2 aromatic carbocycles. The highest BCUT2D eigenvalue weighted by Gasteiger charge is 2.27. The van der Waals surface area contributed by atoms with Crippen molar-refractivity contribution < 1.29 is 4.74 Å². The fourth-order valence-electron chi connectivity index (χ4n) is 3.83. The van der Waals surface area contributed by atoms with Crippen molar-refractivity contribution in [2.24, 2.45) is 11.7 Å². The Morgan fingerprint density at radius 3 is 2.50 bits per heavy atom. The molecule has 0 aromatic heterocycles. The summed E-state index contributed by atoms with van der Waals surface area (Å²) in [5.41, 5.74) is 8.85. The van der Waals surface area contributed by atoms with E-state index in [2.05, 4.69) is 53.4 Å². The second kappa shape index (κ2) is 8.32. The van der Waals surface area contributed by atoms with Crippen molar-refractivity contribution in [3.8, 4) is 5.75 Å². The van der Waals surface area contributed by atoms with Gasteiger partial charge in [0, 0.05) is 6.54 Å². The molecule has 3 rings (SSSR count). The van der Waals surface area contributed by atoms with Crippen molar-refractivity contribution in [3.05, 3.63) is 65.7 Å². The largest absolute Gasteiger partial charge is 0.497 e. The first-order valence-electron chi connectivity index (χ1n) is 8.90. The third kappa shape index (κ3) is 4.16. The molecule has 1 fully saturated rings. The van der Waals surface area contributed by atoms with Crippen molar-refractivity contribution in [1.82, 2.24) is 4.90 Å². The summed E-state index contributed by atoms with van der Waals surface area (Å²) in [4.78, 5) is 2.56. The average Bonchev–Trinajstić information content (AvgIpc) is 2.65. The molecule has 1 saturated heterocycles. The third-order valence-electron chi connectivity index (χ3n) is 5.23. The highest BCUT2D eigenvalue weighted by Crippen LogP contribution is 2.33. The van der Waals surface area contributed by atoms with Crippen LogP contribution in [-0.2, 0) is 6.54 Å². The Kier molecular flexibility index (Phi) is 5.89. The lowest BCUT2D eigenvalue weighted by molar-refractivity contribution is 0.162. The molecule has 1 aliphatic heterocycles. The summed E-state index contributed by atoms with van der Waals surface area (Å²) in [6, 6.07) is 19.2. The number of hydrogen-bond acceptors (Lipinski definition) is 3. The molecule has 0 spiro atoms. The van der Waals surface area contributed by atoms with E-state index in [1.54, 1.807) is 7.11 Å². The van der Waals surface area contributed by atoms with E-state index >= 15 is 0 Å². The molecule has 24 heavy (non-hydrogen) atoms. The molecule has 3 nitrogen and oxygen atoms in total. The van der Waals surface area contributed by atoms with Gasteiger partial charge in [0.2, 0.25) is 0 Å². The predicted molar refractivity (Wildman–Crippen MR) is 99.2 cm³/mol. The minimum absolute atomic E-state index is 0.430. The van der Waals surface area contributed by atoms with Crippen LogP contribution in [0.3, 0.4) is 0 Å². The van der Waals surface area contributed by atoms with Crippen molar-refractivity contribution in [2.75, 3.05) is 26.7 Å². The standard InChI is InChI=1S/C21H28N2O/c1-24-20-9-5-8-19(14-20)21(15-22)18-10-12-23(13-11-18)16-17-6-3-2-4-7-17/h2-9,14,18,21H,10-13,15-16,22H2,1H3. The number of methoxy groups -OCH3 is 1. The lowest BCUT2D eigenvalue weighted by Crippen LogP contribution is -2.36. The number of ether oxygens (including phenoxy) is 1. The van der Waals surface area contributed by atoms with Crippen LogP contribution in [-0.4, -0.2) is 31.6 Å². The maximum atomic E-state index is 6.13. The van der Waals surface area contributed by atoms with E-state index in [9.17, 15) is 0 Å². The fourth-order valence-corrected chi connectivity index (χ4v) is 3.83. The normalized spacial score (nSPS) is 17.6. The Morgan fingerprint density at radius 1 is 1.08 bits per heavy atom. The summed E-state index contributed by atoms with van der Waals surface area (Å²) in [5, 5.41) is 0. The molecule has 128 valence electrons. The van der Waals surface area contributed by atoms with Crippen LogP contribution in [0.25, 0.3) is 0 Å². The lowest BCUT2D eigenvalue weighted by Gasteiger charge is -2.36. The van der Waals surface area contributed by atoms with Crippen molar-refractivity contribution >= 4 is 0 Å². The molecule has 3 heteroatoms. The Labute approximate surface area is 145 Å². The van der Waals surface area contributed by atoms with E-state index in [0.717, 1.165) is 25.4 Å². The lowest BCUT2D eigenvalue weighted by atomic mass is 9.80. The van der Waals surface area contributed by atoms with E-state index in [1.165, 1.54) is 24.0 Å². The van der Waals surface area contributed by atoms with E-state index in [1.807, 2.05) is 6.07 Å². The van der Waals surface area contributed by atoms with Crippen LogP contribution in [0, 0.1) is 5.92 Å². The number of likely N-dealkylation sites (tertiary alicyclic amines) is 1. The van der Waals surface area contributed by atoms with Crippen LogP contribution in [0.15, 0.2) is 54.6 Å². The smallest absolute Gasteiger partial charge is 0.119 e. The zero-order valence-electron chi connectivity index (χ0n) is 14.5. The first-order valence-corrected chi connectivity index (χ1v) is 8.90. The monoisotopic (exact) mass is 324 g/mol. The highest BCUT2D eigenvalue weighted by atomic mass is 16.5. The van der Waals surface area contributed by atoms with Gasteiger partial charge in [0.15, 0.2) is 0 Å². The van der Waals surface area contributed by atoms with E-state index in [0.29, 0.717) is 18.4 Å². The van der Waals surface area contributed by atoms with Crippen molar-refractivity contribution in [1.29, 1.82) is 0 Å². The molecule has 1 aliphatic rings. The molecule has 0 saturated carbocycles.